The third kappa shape index (κ3) is 4.92. The Bertz CT molecular complexity index is 447. The number of hydrogen-bond donors (Lipinski definition) is 2. The number of thioether (sulfide) groups is 1. The van der Waals surface area contributed by atoms with Gasteiger partial charge in [-0.15, -0.1) is 11.3 Å². The van der Waals surface area contributed by atoms with E-state index in [1.165, 1.54) is 0 Å². The Hall–Kier alpha value is -1.29. The first-order chi connectivity index (χ1) is 8.29. The molecular weight excluding hydrogens is 293 g/mol. The average molecular weight is 300 g/mol. The molecule has 0 aliphatic carbocycles. The number of carboxylic acid groups (broad SMARTS) is 1. The standard InChI is InChI=1S/C8H7F3N2O3S2/c9-8(10,11)17-2-1-12-5(14)4-3-13-6(18-4)7(15)16/h3H,1-2H2,(H,12,14)(H,15,16). The van der Waals surface area contributed by atoms with Gasteiger partial charge in [-0.1, -0.05) is 0 Å². The lowest BCUT2D eigenvalue weighted by atomic mass is 10.5. The zero-order chi connectivity index (χ0) is 13.8. The molecule has 0 unspecified atom stereocenters. The Morgan fingerprint density at radius 3 is 2.67 bits per heavy atom. The number of aromatic nitrogens is 1. The lowest BCUT2D eigenvalue weighted by Gasteiger charge is -2.05. The minimum atomic E-state index is -4.33. The second-order valence-corrected chi connectivity index (χ2v) is 5.08. The predicted molar refractivity (Wildman–Crippen MR) is 59.9 cm³/mol. The van der Waals surface area contributed by atoms with Crippen molar-refractivity contribution in [2.75, 3.05) is 12.3 Å². The number of nitrogens with zero attached hydrogens (tertiary/aromatic N) is 1. The summed E-state index contributed by atoms with van der Waals surface area (Å²) in [5, 5.41) is 10.6. The van der Waals surface area contributed by atoms with Gasteiger partial charge in [0.05, 0.1) is 6.20 Å². The topological polar surface area (TPSA) is 79.3 Å². The minimum absolute atomic E-state index is 0.0457. The number of hydrogen-bond acceptors (Lipinski definition) is 5. The molecule has 0 bridgehead atoms. The van der Waals surface area contributed by atoms with Gasteiger partial charge in [0.25, 0.3) is 5.91 Å². The van der Waals surface area contributed by atoms with Crippen LogP contribution in [-0.2, 0) is 0 Å². The fourth-order valence-corrected chi connectivity index (χ4v) is 2.00. The summed E-state index contributed by atoms with van der Waals surface area (Å²) in [6, 6.07) is 0. The van der Waals surface area contributed by atoms with Crippen LogP contribution in [0.3, 0.4) is 0 Å². The minimum Gasteiger partial charge on any atom is -0.476 e. The smallest absolute Gasteiger partial charge is 0.441 e. The average Bonchev–Trinajstić information content (AvgIpc) is 2.72. The number of aromatic carboxylic acids is 1. The molecule has 0 radical (unpaired) electrons. The van der Waals surface area contributed by atoms with Crippen LogP contribution in [0.4, 0.5) is 13.2 Å². The Balaban J connectivity index is 2.39. The number of carboxylic acids is 1. The number of alkyl halides is 3. The second-order valence-electron chi connectivity index (χ2n) is 2.88. The number of nitrogens with one attached hydrogen (secondary N) is 1. The van der Waals surface area contributed by atoms with Gasteiger partial charge in [-0.05, 0) is 11.8 Å². The Morgan fingerprint density at radius 1 is 1.50 bits per heavy atom. The summed E-state index contributed by atoms with van der Waals surface area (Å²) in [6.07, 6.45) is 1.07. The Morgan fingerprint density at radius 2 is 2.17 bits per heavy atom. The SMILES string of the molecule is O=C(NCCSC(F)(F)F)c1cnc(C(=O)O)s1. The lowest BCUT2D eigenvalue weighted by molar-refractivity contribution is -0.0327. The van der Waals surface area contributed by atoms with Gasteiger partial charge in [0.2, 0.25) is 5.01 Å². The van der Waals surface area contributed by atoms with Gasteiger partial charge >= 0.3 is 11.5 Å². The number of carbonyl (C=O) groups excluding carboxylic acids is 1. The molecule has 0 saturated heterocycles. The van der Waals surface area contributed by atoms with Crippen LogP contribution in [0.2, 0.25) is 0 Å². The molecule has 18 heavy (non-hydrogen) atoms. The molecule has 1 aromatic rings. The van der Waals surface area contributed by atoms with E-state index in [0.29, 0.717) is 11.3 Å². The first kappa shape index (κ1) is 14.8. The molecule has 1 aromatic heterocycles. The van der Waals surface area contributed by atoms with Crippen LogP contribution < -0.4 is 5.32 Å². The highest BCUT2D eigenvalue weighted by Gasteiger charge is 2.27. The zero-order valence-corrected chi connectivity index (χ0v) is 10.3. The molecule has 0 saturated carbocycles. The van der Waals surface area contributed by atoms with E-state index in [4.69, 9.17) is 5.11 Å². The first-order valence-corrected chi connectivity index (χ1v) is 6.28. The van der Waals surface area contributed by atoms with Crippen LogP contribution in [0.5, 0.6) is 0 Å². The maximum Gasteiger partial charge on any atom is 0.441 e. The summed E-state index contributed by atoms with van der Waals surface area (Å²) in [5.41, 5.74) is -4.33. The van der Waals surface area contributed by atoms with Crippen molar-refractivity contribution in [2.24, 2.45) is 0 Å². The van der Waals surface area contributed by atoms with E-state index in [-0.39, 0.29) is 33.9 Å². The van der Waals surface area contributed by atoms with Crippen LogP contribution in [0.1, 0.15) is 19.5 Å². The van der Waals surface area contributed by atoms with E-state index >= 15 is 0 Å². The van der Waals surface area contributed by atoms with E-state index in [1.54, 1.807) is 0 Å². The van der Waals surface area contributed by atoms with Crippen molar-refractivity contribution >= 4 is 35.0 Å². The highest BCUT2D eigenvalue weighted by Crippen LogP contribution is 2.29. The Labute approximate surface area is 107 Å². The van der Waals surface area contributed by atoms with Crippen molar-refractivity contribution in [1.29, 1.82) is 0 Å². The van der Waals surface area contributed by atoms with E-state index in [1.807, 2.05) is 0 Å². The number of halogens is 3. The molecule has 0 atom stereocenters. The maximum atomic E-state index is 11.8. The highest BCUT2D eigenvalue weighted by atomic mass is 32.2. The predicted octanol–water partition coefficient (Wildman–Crippen LogP) is 1.82. The molecule has 100 valence electrons. The molecule has 2 N–H and O–H groups in total. The molecule has 0 spiro atoms. The van der Waals surface area contributed by atoms with Gasteiger partial charge in [0.15, 0.2) is 0 Å². The van der Waals surface area contributed by atoms with E-state index in [9.17, 15) is 22.8 Å². The molecular formula is C8H7F3N2O3S2. The zero-order valence-electron chi connectivity index (χ0n) is 8.65. The molecule has 5 nitrogen and oxygen atoms in total. The van der Waals surface area contributed by atoms with Crippen LogP contribution in [0.25, 0.3) is 0 Å². The van der Waals surface area contributed by atoms with E-state index in [2.05, 4.69) is 10.3 Å². The lowest BCUT2D eigenvalue weighted by Crippen LogP contribution is -2.25. The van der Waals surface area contributed by atoms with Crippen molar-refractivity contribution in [3.8, 4) is 0 Å². The van der Waals surface area contributed by atoms with Crippen LogP contribution in [0, 0.1) is 0 Å². The van der Waals surface area contributed by atoms with Crippen molar-refractivity contribution in [2.45, 2.75) is 5.51 Å². The number of rotatable bonds is 5. The van der Waals surface area contributed by atoms with Gasteiger partial charge in [0, 0.05) is 12.3 Å². The number of amides is 1. The number of carbonyl (C=O) groups is 2. The Kier molecular flexibility index (Phi) is 4.96. The molecule has 1 amide bonds. The maximum absolute atomic E-state index is 11.8. The van der Waals surface area contributed by atoms with Gasteiger partial charge in [-0.25, -0.2) is 9.78 Å². The van der Waals surface area contributed by atoms with Crippen molar-refractivity contribution in [3.63, 3.8) is 0 Å². The normalized spacial score (nSPS) is 11.3. The third-order valence-corrected chi connectivity index (χ3v) is 3.29. The van der Waals surface area contributed by atoms with Gasteiger partial charge < -0.3 is 10.4 Å². The van der Waals surface area contributed by atoms with Crippen molar-refractivity contribution < 1.29 is 27.9 Å². The highest BCUT2D eigenvalue weighted by molar-refractivity contribution is 8.00. The number of thiazole rings is 1. The van der Waals surface area contributed by atoms with E-state index in [0.717, 1.165) is 6.20 Å². The fourth-order valence-electron chi connectivity index (χ4n) is 0.896. The third-order valence-electron chi connectivity index (χ3n) is 1.57. The summed E-state index contributed by atoms with van der Waals surface area (Å²) in [7, 11) is 0. The summed E-state index contributed by atoms with van der Waals surface area (Å²) < 4.78 is 35.3. The van der Waals surface area contributed by atoms with Gasteiger partial charge in [0.1, 0.15) is 4.88 Å². The summed E-state index contributed by atoms with van der Waals surface area (Å²) in [4.78, 5) is 25.4. The molecule has 0 fully saturated rings. The summed E-state index contributed by atoms with van der Waals surface area (Å²) >= 11 is 0.421. The molecule has 1 heterocycles. The summed E-state index contributed by atoms with van der Waals surface area (Å²) in [5.74, 6) is -2.20. The van der Waals surface area contributed by atoms with E-state index < -0.39 is 17.4 Å². The van der Waals surface area contributed by atoms with Crippen LogP contribution in [-0.4, -0.2) is 39.8 Å². The van der Waals surface area contributed by atoms with Crippen molar-refractivity contribution in [3.05, 3.63) is 16.1 Å². The summed E-state index contributed by atoms with van der Waals surface area (Å²) in [6.45, 7) is -0.163. The molecule has 0 aliphatic heterocycles. The van der Waals surface area contributed by atoms with Crippen LogP contribution >= 0.6 is 23.1 Å². The second kappa shape index (κ2) is 6.05. The van der Waals surface area contributed by atoms with Crippen LogP contribution in [0.15, 0.2) is 6.20 Å². The molecule has 0 aromatic carbocycles. The first-order valence-electron chi connectivity index (χ1n) is 4.47. The van der Waals surface area contributed by atoms with Gasteiger partial charge in [-0.3, -0.25) is 4.79 Å². The molecule has 10 heteroatoms. The molecule has 1 rings (SSSR count). The molecule has 0 aliphatic rings. The van der Waals surface area contributed by atoms with Crippen molar-refractivity contribution in [1.82, 2.24) is 10.3 Å². The fraction of sp³-hybridized carbons (Fsp3) is 0.375. The quantitative estimate of drug-likeness (QED) is 0.811. The largest absolute Gasteiger partial charge is 0.476 e. The van der Waals surface area contributed by atoms with Gasteiger partial charge in [-0.2, -0.15) is 13.2 Å². The monoisotopic (exact) mass is 300 g/mol.